The largest absolute Gasteiger partial charge is 0.315 e. The molecule has 0 fully saturated rings. The maximum Gasteiger partial charge on any atom is 0.177 e. The lowest BCUT2D eigenvalue weighted by Crippen LogP contribution is -2.14. The van der Waals surface area contributed by atoms with Crippen LogP contribution >= 0.6 is 0 Å². The number of fused-ring (bicyclic) bond motifs is 1. The topological polar surface area (TPSA) is 61.4 Å². The van der Waals surface area contributed by atoms with Crippen molar-refractivity contribution in [2.24, 2.45) is 7.05 Å². The van der Waals surface area contributed by atoms with Crippen molar-refractivity contribution in [3.8, 4) is 11.3 Å². The molecule has 0 atom stereocenters. The van der Waals surface area contributed by atoms with E-state index in [2.05, 4.69) is 20.3 Å². The van der Waals surface area contributed by atoms with Crippen LogP contribution in [0.5, 0.6) is 0 Å². The zero-order valence-electron chi connectivity index (χ0n) is 17.8. The molecule has 0 unspecified atom stereocenters. The molecule has 5 rings (SSSR count). The Hall–Kier alpha value is -3.94. The highest BCUT2D eigenvalue weighted by Crippen LogP contribution is 2.33. The molecule has 0 radical (unpaired) electrons. The molecule has 3 heterocycles. The molecule has 0 saturated heterocycles. The van der Waals surface area contributed by atoms with Crippen LogP contribution in [-0.4, -0.2) is 29.5 Å². The number of rotatable bonds is 4. The second kappa shape index (κ2) is 7.64. The Labute approximate surface area is 183 Å². The summed E-state index contributed by atoms with van der Waals surface area (Å²) in [5.41, 5.74) is 5.62. The molecular weight excluding hydrogens is 410 g/mol. The minimum absolute atomic E-state index is 0.318. The van der Waals surface area contributed by atoms with Crippen LogP contribution in [0.4, 0.5) is 8.78 Å². The highest BCUT2D eigenvalue weighted by Gasteiger charge is 2.23. The van der Waals surface area contributed by atoms with Crippen LogP contribution in [0.3, 0.4) is 0 Å². The second-order valence-corrected chi connectivity index (χ2v) is 7.75. The first kappa shape index (κ1) is 20.0. The summed E-state index contributed by atoms with van der Waals surface area (Å²) < 4.78 is 31.1. The molecule has 8 heteroatoms. The van der Waals surface area contributed by atoms with Crippen LogP contribution in [0.1, 0.15) is 28.7 Å². The molecule has 0 saturated carbocycles. The van der Waals surface area contributed by atoms with Crippen molar-refractivity contribution in [1.29, 1.82) is 0 Å². The molecule has 6 nitrogen and oxygen atoms in total. The van der Waals surface area contributed by atoms with E-state index in [9.17, 15) is 8.78 Å². The number of pyridine rings is 1. The monoisotopic (exact) mass is 430 g/mol. The Morgan fingerprint density at radius 1 is 0.875 bits per heavy atom. The van der Waals surface area contributed by atoms with E-state index in [4.69, 9.17) is 0 Å². The number of aromatic nitrogens is 6. The van der Waals surface area contributed by atoms with Gasteiger partial charge in [0.05, 0.1) is 22.9 Å². The smallest absolute Gasteiger partial charge is 0.177 e. The minimum Gasteiger partial charge on any atom is -0.315 e. The molecule has 160 valence electrons. The molecular formula is C24H20F2N6. The number of nitrogens with zero attached hydrogens (tertiary/aromatic N) is 6. The molecule has 0 aliphatic rings. The van der Waals surface area contributed by atoms with E-state index >= 15 is 0 Å². The number of halogens is 2. The van der Waals surface area contributed by atoms with E-state index in [1.54, 1.807) is 35.1 Å². The maximum absolute atomic E-state index is 13.7. The van der Waals surface area contributed by atoms with Crippen LogP contribution < -0.4 is 0 Å². The summed E-state index contributed by atoms with van der Waals surface area (Å²) in [5, 5.41) is 8.23. The Bertz CT molecular complexity index is 1350. The molecule has 2 aromatic carbocycles. The second-order valence-electron chi connectivity index (χ2n) is 7.75. The lowest BCUT2D eigenvalue weighted by molar-refractivity contribution is 0.618. The van der Waals surface area contributed by atoms with Crippen molar-refractivity contribution in [1.82, 2.24) is 29.5 Å². The van der Waals surface area contributed by atoms with Gasteiger partial charge in [-0.05, 0) is 55.3 Å². The van der Waals surface area contributed by atoms with Crippen molar-refractivity contribution in [3.63, 3.8) is 0 Å². The molecule has 0 bridgehead atoms. The average molecular weight is 430 g/mol. The van der Waals surface area contributed by atoms with Crippen LogP contribution in [0.2, 0.25) is 0 Å². The van der Waals surface area contributed by atoms with Gasteiger partial charge in [0, 0.05) is 18.8 Å². The lowest BCUT2D eigenvalue weighted by atomic mass is 9.97. The van der Waals surface area contributed by atoms with Gasteiger partial charge in [-0.25, -0.2) is 23.4 Å². The number of imidazole rings is 1. The fraction of sp³-hybridized carbons (Fsp3) is 0.167. The van der Waals surface area contributed by atoms with Crippen LogP contribution in [0, 0.1) is 25.5 Å². The molecule has 0 N–H and O–H groups in total. The van der Waals surface area contributed by atoms with Crippen LogP contribution in [0.25, 0.3) is 22.4 Å². The van der Waals surface area contributed by atoms with Crippen molar-refractivity contribution in [2.45, 2.75) is 19.9 Å². The lowest BCUT2D eigenvalue weighted by Gasteiger charge is -2.22. The van der Waals surface area contributed by atoms with Gasteiger partial charge in [-0.15, -0.1) is 5.10 Å². The van der Waals surface area contributed by atoms with Crippen LogP contribution in [-0.2, 0) is 7.05 Å². The number of hydrogen-bond donors (Lipinski definition) is 0. The fourth-order valence-electron chi connectivity index (χ4n) is 4.18. The van der Waals surface area contributed by atoms with Crippen molar-refractivity contribution < 1.29 is 8.78 Å². The van der Waals surface area contributed by atoms with Gasteiger partial charge in [0.1, 0.15) is 17.5 Å². The summed E-state index contributed by atoms with van der Waals surface area (Å²) in [4.78, 5) is 9.23. The molecule has 5 aromatic rings. The first-order valence-electron chi connectivity index (χ1n) is 10.1. The summed E-state index contributed by atoms with van der Waals surface area (Å²) in [7, 11) is 1.84. The molecule has 0 spiro atoms. The van der Waals surface area contributed by atoms with Gasteiger partial charge in [-0.3, -0.25) is 0 Å². The van der Waals surface area contributed by atoms with E-state index in [-0.39, 0.29) is 17.7 Å². The standard InChI is InChI=1S/C24H20F2N6/c1-14-22(31(3)30-29-14)18-12-21-24(27-13-18)28-15(2)32(21)23(16-4-8-19(25)9-5-16)17-6-10-20(26)11-7-17/h4-13,23H,1-3H3. The Morgan fingerprint density at radius 2 is 1.47 bits per heavy atom. The van der Waals surface area contributed by atoms with Gasteiger partial charge in [-0.1, -0.05) is 29.5 Å². The van der Waals surface area contributed by atoms with Crippen LogP contribution in [0.15, 0.2) is 60.8 Å². The van der Waals surface area contributed by atoms with Gasteiger partial charge in [0.15, 0.2) is 5.65 Å². The van der Waals surface area contributed by atoms with Gasteiger partial charge in [0.2, 0.25) is 0 Å². The Kier molecular flexibility index (Phi) is 4.77. The van der Waals surface area contributed by atoms with Gasteiger partial charge < -0.3 is 4.57 Å². The van der Waals surface area contributed by atoms with Gasteiger partial charge in [-0.2, -0.15) is 0 Å². The Morgan fingerprint density at radius 3 is 2.00 bits per heavy atom. The number of benzene rings is 2. The van der Waals surface area contributed by atoms with E-state index in [0.29, 0.717) is 5.65 Å². The maximum atomic E-state index is 13.7. The third-order valence-corrected chi connectivity index (χ3v) is 5.62. The first-order chi connectivity index (χ1) is 15.4. The summed E-state index contributed by atoms with van der Waals surface area (Å²) in [6, 6.07) is 14.3. The normalized spacial score (nSPS) is 11.6. The van der Waals surface area contributed by atoms with E-state index in [0.717, 1.165) is 39.4 Å². The SMILES string of the molecule is Cc1nnn(C)c1-c1cnc2nc(C)n(C(c3ccc(F)cc3)c3ccc(F)cc3)c2c1. The van der Waals surface area contributed by atoms with Crippen molar-refractivity contribution in [2.75, 3.05) is 0 Å². The molecule has 3 aromatic heterocycles. The Balaban J connectivity index is 1.76. The van der Waals surface area contributed by atoms with Gasteiger partial charge in [0.25, 0.3) is 0 Å². The predicted molar refractivity (Wildman–Crippen MR) is 117 cm³/mol. The zero-order chi connectivity index (χ0) is 22.4. The third kappa shape index (κ3) is 3.33. The van der Waals surface area contributed by atoms with Crippen molar-refractivity contribution in [3.05, 3.63) is 95.1 Å². The number of aryl methyl sites for hydroxylation is 3. The van der Waals surface area contributed by atoms with Gasteiger partial charge >= 0.3 is 0 Å². The molecule has 0 aliphatic heterocycles. The summed E-state index contributed by atoms with van der Waals surface area (Å²) in [5.74, 6) is 0.104. The summed E-state index contributed by atoms with van der Waals surface area (Å²) >= 11 is 0. The summed E-state index contributed by atoms with van der Waals surface area (Å²) in [6.07, 6.45) is 1.76. The highest BCUT2D eigenvalue weighted by atomic mass is 19.1. The number of hydrogen-bond acceptors (Lipinski definition) is 4. The first-order valence-corrected chi connectivity index (χ1v) is 10.1. The van der Waals surface area contributed by atoms with E-state index < -0.39 is 0 Å². The molecule has 0 aliphatic carbocycles. The molecule has 32 heavy (non-hydrogen) atoms. The van der Waals surface area contributed by atoms with E-state index in [1.807, 2.05) is 31.5 Å². The predicted octanol–water partition coefficient (Wildman–Crippen LogP) is 4.76. The average Bonchev–Trinajstić information content (AvgIpc) is 3.28. The third-order valence-electron chi connectivity index (χ3n) is 5.62. The summed E-state index contributed by atoms with van der Waals surface area (Å²) in [6.45, 7) is 3.80. The van der Waals surface area contributed by atoms with Crippen molar-refractivity contribution >= 4 is 11.2 Å². The quantitative estimate of drug-likeness (QED) is 0.413. The highest BCUT2D eigenvalue weighted by molar-refractivity contribution is 5.79. The molecule has 0 amide bonds. The van der Waals surface area contributed by atoms with E-state index in [1.165, 1.54) is 24.3 Å². The minimum atomic E-state index is -0.344. The fourth-order valence-corrected chi connectivity index (χ4v) is 4.18. The zero-order valence-corrected chi connectivity index (χ0v) is 17.8.